The molecular weight excluding hydrogens is 508 g/mol. The highest BCUT2D eigenvalue weighted by Gasteiger charge is 2.49. The Morgan fingerprint density at radius 3 is 1.32 bits per heavy atom. The highest BCUT2D eigenvalue weighted by atomic mass is 19.1. The molecular formula is C28H38F4O6. The van der Waals surface area contributed by atoms with Crippen molar-refractivity contribution in [1.29, 1.82) is 0 Å². The Labute approximate surface area is 220 Å². The van der Waals surface area contributed by atoms with Crippen LogP contribution in [0.1, 0.15) is 63.8 Å². The molecule has 0 aromatic heterocycles. The molecule has 6 nitrogen and oxygen atoms in total. The first-order valence-electron chi connectivity index (χ1n) is 12.3. The molecule has 2 aromatic rings. The first kappa shape index (κ1) is 32.1. The predicted octanol–water partition coefficient (Wildman–Crippen LogP) is 2.79. The van der Waals surface area contributed by atoms with Crippen LogP contribution in [-0.2, 0) is 23.7 Å². The zero-order valence-corrected chi connectivity index (χ0v) is 22.4. The van der Waals surface area contributed by atoms with E-state index in [9.17, 15) is 48.2 Å². The Hall–Kier alpha value is -2.08. The summed E-state index contributed by atoms with van der Waals surface area (Å²) in [6.07, 6.45) is -9.99. The number of halogens is 4. The first-order valence-corrected chi connectivity index (χ1v) is 12.3. The molecule has 5 atom stereocenters. The Morgan fingerprint density at radius 1 is 0.632 bits per heavy atom. The van der Waals surface area contributed by atoms with E-state index in [0.29, 0.717) is 0 Å². The van der Waals surface area contributed by atoms with Gasteiger partial charge in [0, 0.05) is 24.0 Å². The summed E-state index contributed by atoms with van der Waals surface area (Å²) in [6, 6.07) is 3.71. The third-order valence-corrected chi connectivity index (χ3v) is 6.58. The van der Waals surface area contributed by atoms with E-state index in [1.807, 2.05) is 0 Å². The van der Waals surface area contributed by atoms with E-state index in [-0.39, 0.29) is 22.3 Å². The average Bonchev–Trinajstić information content (AvgIpc) is 2.74. The standard InChI is InChI=1S/C28H38F4O6/c1-26(2,3)22-16(29)7-14(8-17(22)30)11-20(34)24(36)28(38,25(37)21(35)13-33)12-15-9-18(31)23(19(32)10-15)27(4,5)6/h7-10,20-21,24-25,33-38H,11-13H2,1-6H3/t20?,21-,24+,25+,28+/m0/s1. The minimum Gasteiger partial charge on any atom is -0.394 e. The summed E-state index contributed by atoms with van der Waals surface area (Å²) in [6.45, 7) is 8.55. The predicted molar refractivity (Wildman–Crippen MR) is 134 cm³/mol. The van der Waals surface area contributed by atoms with Crippen LogP contribution in [0, 0.1) is 23.3 Å². The van der Waals surface area contributed by atoms with Crippen LogP contribution in [-0.4, -0.2) is 67.3 Å². The third-order valence-electron chi connectivity index (χ3n) is 6.58. The number of aliphatic hydroxyl groups is 6. The fourth-order valence-electron chi connectivity index (χ4n) is 4.73. The number of rotatable bonds is 9. The molecule has 0 amide bonds. The van der Waals surface area contributed by atoms with Crippen molar-refractivity contribution in [2.75, 3.05) is 6.61 Å². The lowest BCUT2D eigenvalue weighted by Crippen LogP contribution is -2.62. The monoisotopic (exact) mass is 546 g/mol. The largest absolute Gasteiger partial charge is 0.394 e. The van der Waals surface area contributed by atoms with Gasteiger partial charge in [0.05, 0.1) is 12.7 Å². The van der Waals surface area contributed by atoms with Gasteiger partial charge in [0.2, 0.25) is 0 Å². The molecule has 0 aliphatic heterocycles. The van der Waals surface area contributed by atoms with E-state index in [2.05, 4.69) is 0 Å². The average molecular weight is 547 g/mol. The fraction of sp³-hybridized carbons (Fsp3) is 0.571. The minimum absolute atomic E-state index is 0.0780. The second-order valence-corrected chi connectivity index (χ2v) is 11.9. The lowest BCUT2D eigenvalue weighted by Gasteiger charge is -2.41. The van der Waals surface area contributed by atoms with Crippen molar-refractivity contribution in [2.45, 2.75) is 95.2 Å². The van der Waals surface area contributed by atoms with Crippen molar-refractivity contribution >= 4 is 0 Å². The zero-order chi connectivity index (χ0) is 29.4. The van der Waals surface area contributed by atoms with Crippen molar-refractivity contribution < 1.29 is 48.2 Å². The summed E-state index contributed by atoms with van der Waals surface area (Å²) in [5, 5.41) is 62.8. The Bertz CT molecular complexity index is 1080. The second kappa shape index (κ2) is 11.6. The lowest BCUT2D eigenvalue weighted by atomic mass is 9.77. The molecule has 2 rings (SSSR count). The molecule has 0 aliphatic rings. The SMILES string of the molecule is CC(C)(C)c1c(F)cc(CC(O)[C@@H](O)[C@](O)(Cc2cc(F)c(C(C)(C)C)c(F)c2)[C@H](O)[C@@H](O)CO)cc1F. The normalized spacial score (nSPS) is 17.6. The lowest BCUT2D eigenvalue weighted by molar-refractivity contribution is -0.203. The van der Waals surface area contributed by atoms with E-state index < -0.39 is 83.6 Å². The molecule has 38 heavy (non-hydrogen) atoms. The van der Waals surface area contributed by atoms with E-state index in [1.54, 1.807) is 41.5 Å². The van der Waals surface area contributed by atoms with Gasteiger partial charge in [-0.2, -0.15) is 0 Å². The maximum atomic E-state index is 14.8. The zero-order valence-electron chi connectivity index (χ0n) is 22.4. The molecule has 0 fully saturated rings. The molecule has 0 aliphatic carbocycles. The van der Waals surface area contributed by atoms with E-state index in [0.717, 1.165) is 24.3 Å². The summed E-state index contributed by atoms with van der Waals surface area (Å²) in [4.78, 5) is 0. The summed E-state index contributed by atoms with van der Waals surface area (Å²) >= 11 is 0. The molecule has 0 bridgehead atoms. The van der Waals surface area contributed by atoms with Crippen LogP contribution in [0.5, 0.6) is 0 Å². The fourth-order valence-corrected chi connectivity index (χ4v) is 4.73. The van der Waals surface area contributed by atoms with Crippen LogP contribution in [0.4, 0.5) is 17.6 Å². The Morgan fingerprint density at radius 2 is 0.974 bits per heavy atom. The second-order valence-electron chi connectivity index (χ2n) is 11.9. The van der Waals surface area contributed by atoms with E-state index in [1.165, 1.54) is 0 Å². The summed E-state index contributed by atoms with van der Waals surface area (Å²) in [5.41, 5.74) is -5.32. The van der Waals surface area contributed by atoms with Crippen molar-refractivity contribution in [3.05, 3.63) is 69.8 Å². The van der Waals surface area contributed by atoms with Gasteiger partial charge >= 0.3 is 0 Å². The van der Waals surface area contributed by atoms with Gasteiger partial charge in [0.25, 0.3) is 0 Å². The van der Waals surface area contributed by atoms with Crippen LogP contribution in [0.15, 0.2) is 24.3 Å². The number of hydrogen-bond acceptors (Lipinski definition) is 6. The number of hydrogen-bond donors (Lipinski definition) is 6. The van der Waals surface area contributed by atoms with Crippen LogP contribution in [0.2, 0.25) is 0 Å². The van der Waals surface area contributed by atoms with Crippen LogP contribution in [0.25, 0.3) is 0 Å². The van der Waals surface area contributed by atoms with E-state index >= 15 is 0 Å². The minimum atomic E-state index is -2.84. The van der Waals surface area contributed by atoms with Crippen molar-refractivity contribution in [3.63, 3.8) is 0 Å². The van der Waals surface area contributed by atoms with Crippen molar-refractivity contribution in [3.8, 4) is 0 Å². The molecule has 1 unspecified atom stereocenters. The van der Waals surface area contributed by atoms with Crippen LogP contribution < -0.4 is 0 Å². The molecule has 0 spiro atoms. The van der Waals surface area contributed by atoms with Gasteiger partial charge in [0.1, 0.15) is 47.2 Å². The van der Waals surface area contributed by atoms with Crippen molar-refractivity contribution in [1.82, 2.24) is 0 Å². The van der Waals surface area contributed by atoms with Gasteiger partial charge < -0.3 is 30.6 Å². The smallest absolute Gasteiger partial charge is 0.130 e. The molecule has 0 radical (unpaired) electrons. The molecule has 10 heteroatoms. The third kappa shape index (κ3) is 6.91. The first-order chi connectivity index (χ1) is 17.2. The van der Waals surface area contributed by atoms with Gasteiger partial charge in [0.15, 0.2) is 0 Å². The quantitative estimate of drug-likeness (QED) is 0.269. The van der Waals surface area contributed by atoms with Gasteiger partial charge in [-0.15, -0.1) is 0 Å². The van der Waals surface area contributed by atoms with Crippen LogP contribution in [0.3, 0.4) is 0 Å². The highest BCUT2D eigenvalue weighted by Crippen LogP contribution is 2.33. The topological polar surface area (TPSA) is 121 Å². The van der Waals surface area contributed by atoms with Gasteiger partial charge in [-0.1, -0.05) is 41.5 Å². The molecule has 2 aromatic carbocycles. The van der Waals surface area contributed by atoms with Crippen LogP contribution >= 0.6 is 0 Å². The highest BCUT2D eigenvalue weighted by molar-refractivity contribution is 5.33. The van der Waals surface area contributed by atoms with Gasteiger partial charge in [-0.25, -0.2) is 17.6 Å². The maximum Gasteiger partial charge on any atom is 0.130 e. The summed E-state index contributed by atoms with van der Waals surface area (Å²) in [5.74, 6) is -3.67. The molecule has 0 saturated heterocycles. The summed E-state index contributed by atoms with van der Waals surface area (Å²) in [7, 11) is 0. The van der Waals surface area contributed by atoms with Crippen molar-refractivity contribution in [2.24, 2.45) is 0 Å². The Balaban J connectivity index is 2.47. The summed E-state index contributed by atoms with van der Waals surface area (Å²) < 4.78 is 58.9. The van der Waals surface area contributed by atoms with E-state index in [4.69, 9.17) is 0 Å². The molecule has 0 saturated carbocycles. The number of benzene rings is 2. The maximum absolute atomic E-state index is 14.8. The van der Waals surface area contributed by atoms with Gasteiger partial charge in [-0.05, 0) is 46.2 Å². The molecule has 6 N–H and O–H groups in total. The Kier molecular flexibility index (Phi) is 9.79. The molecule has 0 heterocycles. The molecule has 214 valence electrons. The number of aliphatic hydroxyl groups excluding tert-OH is 5. The van der Waals surface area contributed by atoms with Gasteiger partial charge in [-0.3, -0.25) is 0 Å².